The zero-order valence-electron chi connectivity index (χ0n) is 10.7. The first kappa shape index (κ1) is 13.8. The molecule has 0 fully saturated rings. The Bertz CT molecular complexity index is 621. The summed E-state index contributed by atoms with van der Waals surface area (Å²) in [6.07, 6.45) is 4.44. The third-order valence-corrected chi connectivity index (χ3v) is 4.26. The van der Waals surface area contributed by atoms with E-state index in [2.05, 4.69) is 14.4 Å². The number of hydrogen-bond acceptors (Lipinski definition) is 4. The fourth-order valence-electron chi connectivity index (χ4n) is 1.70. The zero-order valence-corrected chi connectivity index (χ0v) is 11.5. The van der Waals surface area contributed by atoms with Crippen molar-refractivity contribution >= 4 is 10.0 Å². The van der Waals surface area contributed by atoms with Gasteiger partial charge >= 0.3 is 0 Å². The maximum atomic E-state index is 12.1. The number of nitrogens with zero attached hydrogens (tertiary/aromatic N) is 1. The van der Waals surface area contributed by atoms with Gasteiger partial charge in [0.15, 0.2) is 0 Å². The highest BCUT2D eigenvalue weighted by atomic mass is 32.2. The predicted molar refractivity (Wildman–Crippen MR) is 71.2 cm³/mol. The highest BCUT2D eigenvalue weighted by Crippen LogP contribution is 2.11. The van der Waals surface area contributed by atoms with E-state index in [1.165, 1.54) is 6.26 Å². The number of nitrogens with one attached hydrogen (secondary N) is 1. The second kappa shape index (κ2) is 5.99. The summed E-state index contributed by atoms with van der Waals surface area (Å²) in [7, 11) is -3.45. The monoisotopic (exact) mass is 280 g/mol. The minimum absolute atomic E-state index is 0.303. The summed E-state index contributed by atoms with van der Waals surface area (Å²) in [5.41, 5.74) is 1.87. The highest BCUT2D eigenvalue weighted by Gasteiger charge is 2.13. The number of sulfonamides is 1. The molecule has 0 bridgehead atoms. The van der Waals surface area contributed by atoms with Crippen LogP contribution in [0.5, 0.6) is 0 Å². The Morgan fingerprint density at radius 3 is 2.84 bits per heavy atom. The number of rotatable bonds is 6. The van der Waals surface area contributed by atoms with Crippen LogP contribution < -0.4 is 4.72 Å². The van der Waals surface area contributed by atoms with E-state index in [1.54, 1.807) is 24.4 Å². The average molecular weight is 280 g/mol. The van der Waals surface area contributed by atoms with Gasteiger partial charge in [0.1, 0.15) is 6.26 Å². The molecule has 6 heteroatoms. The Morgan fingerprint density at radius 2 is 2.16 bits per heavy atom. The Balaban J connectivity index is 2.01. The van der Waals surface area contributed by atoms with Crippen molar-refractivity contribution in [2.24, 2.45) is 0 Å². The predicted octanol–water partition coefficient (Wildman–Crippen LogP) is 1.76. The first-order valence-corrected chi connectivity index (χ1v) is 7.57. The van der Waals surface area contributed by atoms with E-state index in [0.29, 0.717) is 17.9 Å². The molecule has 0 atom stereocenters. The third-order valence-electron chi connectivity index (χ3n) is 2.81. The standard InChI is InChI=1S/C13H16N2O3S/c1-2-11-4-3-5-13(8-11)19(16,17)15-7-6-12-9-14-18-10-12/h3-5,8-10,15H,2,6-7H2,1H3. The van der Waals surface area contributed by atoms with Crippen molar-refractivity contribution in [1.29, 1.82) is 0 Å². The molecule has 5 nitrogen and oxygen atoms in total. The van der Waals surface area contributed by atoms with Gasteiger partial charge in [-0.2, -0.15) is 0 Å². The summed E-state index contributed by atoms with van der Waals surface area (Å²) in [5, 5.41) is 3.57. The molecule has 2 rings (SSSR count). The van der Waals surface area contributed by atoms with Crippen LogP contribution in [-0.2, 0) is 22.9 Å². The van der Waals surface area contributed by atoms with Gasteiger partial charge in [-0.1, -0.05) is 24.2 Å². The molecule has 0 aliphatic carbocycles. The minimum Gasteiger partial charge on any atom is -0.364 e. The van der Waals surface area contributed by atoms with Crippen LogP contribution in [-0.4, -0.2) is 20.1 Å². The summed E-state index contributed by atoms with van der Waals surface area (Å²) >= 11 is 0. The van der Waals surface area contributed by atoms with Crippen LogP contribution in [0.2, 0.25) is 0 Å². The van der Waals surface area contributed by atoms with Crippen molar-refractivity contribution < 1.29 is 12.9 Å². The number of benzene rings is 1. The molecule has 1 aromatic carbocycles. The van der Waals surface area contributed by atoms with E-state index in [9.17, 15) is 8.42 Å². The summed E-state index contributed by atoms with van der Waals surface area (Å²) in [4.78, 5) is 0.303. The van der Waals surface area contributed by atoms with Crippen LogP contribution >= 0.6 is 0 Å². The molecule has 0 amide bonds. The van der Waals surface area contributed by atoms with Crippen molar-refractivity contribution in [3.63, 3.8) is 0 Å². The lowest BCUT2D eigenvalue weighted by atomic mass is 10.2. The van der Waals surface area contributed by atoms with Gasteiger partial charge in [-0.3, -0.25) is 0 Å². The van der Waals surface area contributed by atoms with Crippen LogP contribution in [0.1, 0.15) is 18.1 Å². The van der Waals surface area contributed by atoms with Crippen LogP contribution in [0.4, 0.5) is 0 Å². The maximum absolute atomic E-state index is 12.1. The van der Waals surface area contributed by atoms with Gasteiger partial charge in [0, 0.05) is 12.1 Å². The SMILES string of the molecule is CCc1cccc(S(=O)(=O)NCCc2cnoc2)c1. The van der Waals surface area contributed by atoms with Crippen LogP contribution in [0.25, 0.3) is 0 Å². The van der Waals surface area contributed by atoms with Crippen molar-refractivity contribution in [3.8, 4) is 0 Å². The molecule has 0 radical (unpaired) electrons. The second-order valence-electron chi connectivity index (χ2n) is 4.18. The lowest BCUT2D eigenvalue weighted by molar-refractivity contribution is 0.419. The maximum Gasteiger partial charge on any atom is 0.240 e. The lowest BCUT2D eigenvalue weighted by Gasteiger charge is -2.07. The van der Waals surface area contributed by atoms with Gasteiger partial charge in [0.05, 0.1) is 11.1 Å². The van der Waals surface area contributed by atoms with E-state index >= 15 is 0 Å². The molecule has 0 spiro atoms. The number of aromatic nitrogens is 1. The van der Waals surface area contributed by atoms with Gasteiger partial charge in [-0.15, -0.1) is 0 Å². The summed E-state index contributed by atoms with van der Waals surface area (Å²) < 4.78 is 31.4. The Hall–Kier alpha value is -1.66. The third kappa shape index (κ3) is 3.65. The van der Waals surface area contributed by atoms with Crippen molar-refractivity contribution in [1.82, 2.24) is 9.88 Å². The molecule has 0 unspecified atom stereocenters. The summed E-state index contributed by atoms with van der Waals surface area (Å²) in [6, 6.07) is 6.96. The average Bonchev–Trinajstić information content (AvgIpc) is 2.92. The number of aryl methyl sites for hydroxylation is 1. The smallest absolute Gasteiger partial charge is 0.240 e. The summed E-state index contributed by atoms with van der Waals surface area (Å²) in [6.45, 7) is 2.31. The molecule has 19 heavy (non-hydrogen) atoms. The molecular weight excluding hydrogens is 264 g/mol. The van der Waals surface area contributed by atoms with Crippen molar-refractivity contribution in [2.75, 3.05) is 6.54 Å². The van der Waals surface area contributed by atoms with Crippen LogP contribution in [0.3, 0.4) is 0 Å². The molecule has 1 heterocycles. The summed E-state index contributed by atoms with van der Waals surface area (Å²) in [5.74, 6) is 0. The van der Waals surface area contributed by atoms with Crippen molar-refractivity contribution in [3.05, 3.63) is 47.9 Å². The van der Waals surface area contributed by atoms with Crippen LogP contribution in [0.15, 0.2) is 46.1 Å². The quantitative estimate of drug-likeness (QED) is 0.875. The fourth-order valence-corrected chi connectivity index (χ4v) is 2.80. The topological polar surface area (TPSA) is 72.2 Å². The molecular formula is C13H16N2O3S. The molecule has 1 N–H and O–H groups in total. The molecule has 0 aliphatic rings. The highest BCUT2D eigenvalue weighted by molar-refractivity contribution is 7.89. The molecule has 0 saturated carbocycles. The Morgan fingerprint density at radius 1 is 1.32 bits per heavy atom. The first-order chi connectivity index (χ1) is 9.12. The zero-order chi connectivity index (χ0) is 13.7. The normalized spacial score (nSPS) is 11.6. The largest absolute Gasteiger partial charge is 0.364 e. The molecule has 0 saturated heterocycles. The van der Waals surface area contributed by atoms with Gasteiger partial charge in [-0.25, -0.2) is 13.1 Å². The van der Waals surface area contributed by atoms with Crippen LogP contribution in [0, 0.1) is 0 Å². The van der Waals surface area contributed by atoms with E-state index in [1.807, 2.05) is 13.0 Å². The molecule has 102 valence electrons. The lowest BCUT2D eigenvalue weighted by Crippen LogP contribution is -2.26. The van der Waals surface area contributed by atoms with Gasteiger partial charge < -0.3 is 4.52 Å². The van der Waals surface area contributed by atoms with Gasteiger partial charge in [-0.05, 0) is 30.5 Å². The Kier molecular flexibility index (Phi) is 4.34. The number of hydrogen-bond donors (Lipinski definition) is 1. The molecule has 1 aromatic heterocycles. The van der Waals surface area contributed by atoms with Gasteiger partial charge in [0.25, 0.3) is 0 Å². The van der Waals surface area contributed by atoms with Gasteiger partial charge in [0.2, 0.25) is 10.0 Å². The minimum atomic E-state index is -3.45. The fraction of sp³-hybridized carbons (Fsp3) is 0.308. The molecule has 0 aliphatic heterocycles. The molecule has 2 aromatic rings. The van der Waals surface area contributed by atoms with E-state index in [-0.39, 0.29) is 0 Å². The Labute approximate surface area is 112 Å². The first-order valence-electron chi connectivity index (χ1n) is 6.08. The van der Waals surface area contributed by atoms with Crippen molar-refractivity contribution in [2.45, 2.75) is 24.7 Å². The van der Waals surface area contributed by atoms with E-state index in [4.69, 9.17) is 0 Å². The van der Waals surface area contributed by atoms with E-state index < -0.39 is 10.0 Å². The second-order valence-corrected chi connectivity index (χ2v) is 5.95. The van der Waals surface area contributed by atoms with E-state index in [0.717, 1.165) is 17.5 Å².